The third-order valence-corrected chi connectivity index (χ3v) is 6.31. The third kappa shape index (κ3) is 5.28. The first kappa shape index (κ1) is 19.8. The first-order valence-corrected chi connectivity index (χ1v) is 11.6. The zero-order valence-electron chi connectivity index (χ0n) is 16.1. The molecule has 8 heteroatoms. The highest BCUT2D eigenvalue weighted by Crippen LogP contribution is 2.19. The average Bonchev–Trinajstić information content (AvgIpc) is 3.24. The van der Waals surface area contributed by atoms with Gasteiger partial charge >= 0.3 is 0 Å². The summed E-state index contributed by atoms with van der Waals surface area (Å²) in [6, 6.07) is 0. The van der Waals surface area contributed by atoms with Crippen molar-refractivity contribution >= 4 is 9.84 Å². The van der Waals surface area contributed by atoms with E-state index < -0.39 is 9.84 Å². The predicted molar refractivity (Wildman–Crippen MR) is 101 cm³/mol. The molecule has 1 atom stereocenters. The number of aromatic nitrogens is 2. The van der Waals surface area contributed by atoms with Crippen LogP contribution in [0.3, 0.4) is 0 Å². The minimum absolute atomic E-state index is 0.0853. The first-order chi connectivity index (χ1) is 12.4. The average molecular weight is 385 g/mol. The third-order valence-electron chi connectivity index (χ3n) is 5.32. The van der Waals surface area contributed by atoms with E-state index in [0.29, 0.717) is 13.1 Å². The highest BCUT2D eigenvalue weighted by Gasteiger charge is 2.24. The lowest BCUT2D eigenvalue weighted by Gasteiger charge is -2.28. The van der Waals surface area contributed by atoms with Gasteiger partial charge in [0.25, 0.3) is 0 Å². The van der Waals surface area contributed by atoms with Crippen LogP contribution < -0.4 is 0 Å². The van der Waals surface area contributed by atoms with Crippen molar-refractivity contribution < 1.29 is 13.2 Å². The molecule has 0 aromatic carbocycles. The second-order valence-electron chi connectivity index (χ2n) is 7.69. The van der Waals surface area contributed by atoms with Crippen LogP contribution in [0.25, 0.3) is 0 Å². The van der Waals surface area contributed by atoms with Gasteiger partial charge in [0.05, 0.1) is 24.5 Å². The summed E-state index contributed by atoms with van der Waals surface area (Å²) in [5.41, 5.74) is 0.946. The van der Waals surface area contributed by atoms with Crippen molar-refractivity contribution in [2.75, 3.05) is 46.1 Å². The fourth-order valence-electron chi connectivity index (χ4n) is 3.85. The molecule has 1 aromatic heterocycles. The van der Waals surface area contributed by atoms with Gasteiger partial charge in [-0.2, -0.15) is 0 Å². The summed E-state index contributed by atoms with van der Waals surface area (Å²) in [5.74, 6) is 0. The summed E-state index contributed by atoms with van der Waals surface area (Å²) in [4.78, 5) is 8.99. The van der Waals surface area contributed by atoms with E-state index >= 15 is 0 Å². The van der Waals surface area contributed by atoms with E-state index in [0.717, 1.165) is 38.2 Å². The molecule has 3 rings (SSSR count). The Morgan fingerprint density at radius 1 is 1.27 bits per heavy atom. The lowest BCUT2D eigenvalue weighted by molar-refractivity contribution is 0.0933. The number of nitrogens with zero attached hydrogens (tertiary/aromatic N) is 4. The van der Waals surface area contributed by atoms with E-state index in [1.54, 1.807) is 6.20 Å². The summed E-state index contributed by atoms with van der Waals surface area (Å²) >= 11 is 0. The summed E-state index contributed by atoms with van der Waals surface area (Å²) in [6.07, 6.45) is 8.99. The molecule has 0 spiro atoms. The minimum atomic E-state index is -3.35. The Labute approximate surface area is 157 Å². The monoisotopic (exact) mass is 384 g/mol. The predicted octanol–water partition coefficient (Wildman–Crippen LogP) is 1.38. The molecule has 0 bridgehead atoms. The summed E-state index contributed by atoms with van der Waals surface area (Å²) < 4.78 is 31.8. The molecular weight excluding hydrogens is 352 g/mol. The van der Waals surface area contributed by atoms with Crippen molar-refractivity contribution in [3.8, 4) is 0 Å². The molecule has 0 unspecified atom stereocenters. The summed E-state index contributed by atoms with van der Waals surface area (Å²) in [5, 5.41) is 0.160. The van der Waals surface area contributed by atoms with Crippen molar-refractivity contribution in [1.82, 2.24) is 19.4 Å². The standard InChI is InChI=1S/C18H32N4O3S/c1-20(10-11-21-8-4-3-5-9-21)14-16-13-19-18(26(2,23)24)22(16)15-17-7-6-12-25-17/h13,17H,3-12,14-15H2,1-2H3/t17-/m0/s1. The molecule has 0 aliphatic carbocycles. The number of imidazole rings is 1. The van der Waals surface area contributed by atoms with Gasteiger partial charge in [-0.3, -0.25) is 4.90 Å². The lowest BCUT2D eigenvalue weighted by Crippen LogP contribution is -2.36. The number of hydrogen-bond donors (Lipinski definition) is 0. The quantitative estimate of drug-likeness (QED) is 0.675. The fraction of sp³-hybridized carbons (Fsp3) is 0.833. The highest BCUT2D eigenvalue weighted by molar-refractivity contribution is 7.90. The van der Waals surface area contributed by atoms with Crippen LogP contribution in [0.1, 0.15) is 37.8 Å². The van der Waals surface area contributed by atoms with Gasteiger partial charge in [-0.1, -0.05) is 6.42 Å². The van der Waals surface area contributed by atoms with Crippen LogP contribution in [0.4, 0.5) is 0 Å². The van der Waals surface area contributed by atoms with E-state index in [1.165, 1.54) is 38.6 Å². The van der Waals surface area contributed by atoms with Crippen molar-refractivity contribution in [3.05, 3.63) is 11.9 Å². The van der Waals surface area contributed by atoms with Crippen LogP contribution in [-0.2, 0) is 27.7 Å². The zero-order chi connectivity index (χ0) is 18.6. The normalized spacial score (nSPS) is 22.3. The molecule has 0 amide bonds. The molecule has 148 valence electrons. The Morgan fingerprint density at radius 3 is 2.69 bits per heavy atom. The molecule has 2 fully saturated rings. The molecule has 1 aromatic rings. The first-order valence-electron chi connectivity index (χ1n) is 9.70. The van der Waals surface area contributed by atoms with Gasteiger partial charge in [-0.05, 0) is 45.8 Å². The molecule has 7 nitrogen and oxygen atoms in total. The van der Waals surface area contributed by atoms with Crippen LogP contribution in [0, 0.1) is 0 Å². The fourth-order valence-corrected chi connectivity index (χ4v) is 4.69. The maximum absolute atomic E-state index is 12.1. The Balaban J connectivity index is 1.64. The largest absolute Gasteiger partial charge is 0.376 e. The number of sulfone groups is 1. The zero-order valence-corrected chi connectivity index (χ0v) is 16.9. The Bertz CT molecular complexity index is 677. The smallest absolute Gasteiger partial charge is 0.227 e. The number of piperidine rings is 1. The molecule has 2 aliphatic heterocycles. The Morgan fingerprint density at radius 2 is 2.04 bits per heavy atom. The number of likely N-dealkylation sites (N-methyl/N-ethyl adjacent to an activating group) is 1. The number of ether oxygens (including phenoxy) is 1. The van der Waals surface area contributed by atoms with Gasteiger partial charge in [0.1, 0.15) is 0 Å². The van der Waals surface area contributed by atoms with Gasteiger partial charge in [-0.25, -0.2) is 13.4 Å². The maximum Gasteiger partial charge on any atom is 0.227 e. The number of hydrogen-bond acceptors (Lipinski definition) is 6. The van der Waals surface area contributed by atoms with Crippen LogP contribution in [-0.4, -0.2) is 80.0 Å². The second-order valence-corrected chi connectivity index (χ2v) is 9.60. The van der Waals surface area contributed by atoms with Gasteiger partial charge in [0.15, 0.2) is 0 Å². The van der Waals surface area contributed by atoms with Gasteiger partial charge in [0.2, 0.25) is 15.0 Å². The van der Waals surface area contributed by atoms with E-state index in [4.69, 9.17) is 4.74 Å². The van der Waals surface area contributed by atoms with Gasteiger partial charge < -0.3 is 14.2 Å². The highest BCUT2D eigenvalue weighted by atomic mass is 32.2. The van der Waals surface area contributed by atoms with Crippen LogP contribution >= 0.6 is 0 Å². The number of likely N-dealkylation sites (tertiary alicyclic amines) is 1. The van der Waals surface area contributed by atoms with Crippen molar-refractivity contribution in [2.24, 2.45) is 0 Å². The Kier molecular flexibility index (Phi) is 6.71. The molecule has 0 saturated carbocycles. The van der Waals surface area contributed by atoms with E-state index in [2.05, 4.69) is 21.8 Å². The van der Waals surface area contributed by atoms with Crippen LogP contribution in [0.15, 0.2) is 11.4 Å². The molecule has 26 heavy (non-hydrogen) atoms. The second kappa shape index (κ2) is 8.82. The van der Waals surface area contributed by atoms with E-state index in [-0.39, 0.29) is 11.3 Å². The van der Waals surface area contributed by atoms with Crippen molar-refractivity contribution in [1.29, 1.82) is 0 Å². The molecule has 2 saturated heterocycles. The molecule has 0 radical (unpaired) electrons. The topological polar surface area (TPSA) is 67.7 Å². The van der Waals surface area contributed by atoms with Crippen molar-refractivity contribution in [2.45, 2.75) is 56.5 Å². The molecular formula is C18H32N4O3S. The van der Waals surface area contributed by atoms with Crippen molar-refractivity contribution in [3.63, 3.8) is 0 Å². The summed E-state index contributed by atoms with van der Waals surface area (Å²) in [6.45, 7) is 6.46. The van der Waals surface area contributed by atoms with Gasteiger partial charge in [0, 0.05) is 32.5 Å². The van der Waals surface area contributed by atoms with Crippen LogP contribution in [0.5, 0.6) is 0 Å². The minimum Gasteiger partial charge on any atom is -0.376 e. The molecule has 2 aliphatic rings. The van der Waals surface area contributed by atoms with E-state index in [9.17, 15) is 8.42 Å². The van der Waals surface area contributed by atoms with Crippen LogP contribution in [0.2, 0.25) is 0 Å². The molecule has 0 N–H and O–H groups in total. The summed E-state index contributed by atoms with van der Waals surface area (Å²) in [7, 11) is -1.26. The van der Waals surface area contributed by atoms with Gasteiger partial charge in [-0.15, -0.1) is 0 Å². The molecule has 3 heterocycles. The van der Waals surface area contributed by atoms with E-state index in [1.807, 2.05) is 4.57 Å². The SMILES string of the molecule is CN(CCN1CCCCC1)Cc1cnc(S(C)(=O)=O)n1C[C@@H]1CCCO1. The lowest BCUT2D eigenvalue weighted by atomic mass is 10.1. The number of rotatable bonds is 8. The Hall–Kier alpha value is -0.960. The maximum atomic E-state index is 12.1.